The van der Waals surface area contributed by atoms with E-state index in [0.29, 0.717) is 5.22 Å². The van der Waals surface area contributed by atoms with Gasteiger partial charge >= 0.3 is 0 Å². The minimum Gasteiger partial charge on any atom is -0.431 e. The van der Waals surface area contributed by atoms with Crippen LogP contribution in [0.15, 0.2) is 61.5 Å². The number of rotatable bonds is 4. The van der Waals surface area contributed by atoms with Crippen LogP contribution < -0.4 is 5.73 Å². The molecule has 2 aromatic carbocycles. The summed E-state index contributed by atoms with van der Waals surface area (Å²) in [4.78, 5) is 5.55. The molecule has 3 rings (SSSR count). The topological polar surface area (TPSA) is 52.0 Å². The Morgan fingerprint density at radius 1 is 1.29 bits per heavy atom. The van der Waals surface area contributed by atoms with Crippen molar-refractivity contribution in [1.29, 1.82) is 0 Å². The standard InChI is InChI=1S/C16H15BrN2OS/c1-10(18)8-11-6-7-12(9-13(11)17)21-16-19-14-4-2-3-5-15(14)20-16/h2-7,9-10H,8,18H2,1H3. The first-order chi connectivity index (χ1) is 10.1. The zero-order chi connectivity index (χ0) is 14.8. The van der Waals surface area contributed by atoms with Crippen LogP contribution in [0.3, 0.4) is 0 Å². The molecule has 108 valence electrons. The third-order valence-electron chi connectivity index (χ3n) is 3.05. The van der Waals surface area contributed by atoms with Crippen LogP contribution >= 0.6 is 27.7 Å². The van der Waals surface area contributed by atoms with Crippen LogP contribution in [0, 0.1) is 0 Å². The highest BCUT2D eigenvalue weighted by atomic mass is 79.9. The van der Waals surface area contributed by atoms with Gasteiger partial charge in [0.15, 0.2) is 5.58 Å². The number of halogens is 1. The summed E-state index contributed by atoms with van der Waals surface area (Å²) in [5.41, 5.74) is 8.76. The van der Waals surface area contributed by atoms with Gasteiger partial charge in [-0.15, -0.1) is 0 Å². The number of aromatic nitrogens is 1. The Labute approximate surface area is 136 Å². The maximum absolute atomic E-state index is 5.85. The third-order valence-corrected chi connectivity index (χ3v) is 4.62. The average Bonchev–Trinajstić information content (AvgIpc) is 2.83. The van der Waals surface area contributed by atoms with Crippen LogP contribution in [-0.2, 0) is 6.42 Å². The fourth-order valence-electron chi connectivity index (χ4n) is 2.10. The van der Waals surface area contributed by atoms with Crippen molar-refractivity contribution in [3.63, 3.8) is 0 Å². The van der Waals surface area contributed by atoms with Crippen LogP contribution in [0.1, 0.15) is 12.5 Å². The zero-order valence-corrected chi connectivity index (χ0v) is 13.9. The lowest BCUT2D eigenvalue weighted by Crippen LogP contribution is -2.17. The molecule has 0 aliphatic heterocycles. The van der Waals surface area contributed by atoms with E-state index in [0.717, 1.165) is 26.9 Å². The number of benzene rings is 2. The van der Waals surface area contributed by atoms with Gasteiger partial charge < -0.3 is 10.2 Å². The number of nitrogens with two attached hydrogens (primary N) is 1. The van der Waals surface area contributed by atoms with Gasteiger partial charge in [0.25, 0.3) is 5.22 Å². The van der Waals surface area contributed by atoms with Crippen molar-refractivity contribution >= 4 is 38.8 Å². The molecule has 0 spiro atoms. The lowest BCUT2D eigenvalue weighted by atomic mass is 10.1. The van der Waals surface area contributed by atoms with E-state index in [2.05, 4.69) is 39.1 Å². The fraction of sp³-hybridized carbons (Fsp3) is 0.188. The van der Waals surface area contributed by atoms with E-state index in [1.54, 1.807) is 0 Å². The van der Waals surface area contributed by atoms with E-state index < -0.39 is 0 Å². The number of hydrogen-bond donors (Lipinski definition) is 1. The summed E-state index contributed by atoms with van der Waals surface area (Å²) in [7, 11) is 0. The molecule has 1 unspecified atom stereocenters. The summed E-state index contributed by atoms with van der Waals surface area (Å²) in [5, 5.41) is 0.656. The SMILES string of the molecule is CC(N)Cc1ccc(Sc2nc3ccccc3o2)cc1Br. The van der Waals surface area contributed by atoms with Gasteiger partial charge in [-0.3, -0.25) is 0 Å². The molecule has 5 heteroatoms. The molecular formula is C16H15BrN2OS. The molecule has 0 bridgehead atoms. The summed E-state index contributed by atoms with van der Waals surface area (Å²) in [6, 6.07) is 14.2. The minimum atomic E-state index is 0.150. The van der Waals surface area contributed by atoms with Gasteiger partial charge in [0.2, 0.25) is 0 Å². The largest absolute Gasteiger partial charge is 0.431 e. The molecule has 1 atom stereocenters. The van der Waals surface area contributed by atoms with Crippen molar-refractivity contribution in [3.8, 4) is 0 Å². The predicted molar refractivity (Wildman–Crippen MR) is 89.6 cm³/mol. The van der Waals surface area contributed by atoms with Crippen LogP contribution in [0.25, 0.3) is 11.1 Å². The predicted octanol–water partition coefficient (Wildman–Crippen LogP) is 4.63. The maximum Gasteiger partial charge on any atom is 0.261 e. The molecular weight excluding hydrogens is 348 g/mol. The van der Waals surface area contributed by atoms with Crippen LogP contribution in [-0.4, -0.2) is 11.0 Å². The Kier molecular flexibility index (Phi) is 4.33. The van der Waals surface area contributed by atoms with Gasteiger partial charge in [-0.25, -0.2) is 4.98 Å². The van der Waals surface area contributed by atoms with Crippen LogP contribution in [0.5, 0.6) is 0 Å². The van der Waals surface area contributed by atoms with Gasteiger partial charge in [-0.1, -0.05) is 34.1 Å². The summed E-state index contributed by atoms with van der Waals surface area (Å²) in [6.45, 7) is 2.01. The normalized spacial score (nSPS) is 12.7. The first kappa shape index (κ1) is 14.6. The molecule has 0 saturated carbocycles. The lowest BCUT2D eigenvalue weighted by Gasteiger charge is -2.08. The summed E-state index contributed by atoms with van der Waals surface area (Å²) in [5.74, 6) is 0. The van der Waals surface area contributed by atoms with Crippen molar-refractivity contribution in [1.82, 2.24) is 4.98 Å². The summed E-state index contributed by atoms with van der Waals surface area (Å²) in [6.07, 6.45) is 0.856. The molecule has 0 aliphatic rings. The summed E-state index contributed by atoms with van der Waals surface area (Å²) < 4.78 is 6.79. The number of para-hydroxylation sites is 2. The minimum absolute atomic E-state index is 0.150. The molecule has 0 aliphatic carbocycles. The molecule has 2 N–H and O–H groups in total. The smallest absolute Gasteiger partial charge is 0.261 e. The number of fused-ring (bicyclic) bond motifs is 1. The highest BCUT2D eigenvalue weighted by molar-refractivity contribution is 9.10. The Morgan fingerprint density at radius 3 is 2.81 bits per heavy atom. The Balaban J connectivity index is 1.82. The van der Waals surface area contributed by atoms with E-state index in [1.807, 2.05) is 31.2 Å². The first-order valence-electron chi connectivity index (χ1n) is 6.69. The second-order valence-corrected chi connectivity index (χ2v) is 6.86. The van der Waals surface area contributed by atoms with Crippen molar-refractivity contribution in [2.75, 3.05) is 0 Å². The second kappa shape index (κ2) is 6.22. The first-order valence-corrected chi connectivity index (χ1v) is 8.30. The molecule has 0 saturated heterocycles. The number of hydrogen-bond acceptors (Lipinski definition) is 4. The van der Waals surface area contributed by atoms with Crippen molar-refractivity contribution in [2.24, 2.45) is 5.73 Å². The zero-order valence-electron chi connectivity index (χ0n) is 11.5. The molecule has 0 amide bonds. The van der Waals surface area contributed by atoms with E-state index in [9.17, 15) is 0 Å². The van der Waals surface area contributed by atoms with Gasteiger partial charge in [0.05, 0.1) is 0 Å². The van der Waals surface area contributed by atoms with Gasteiger partial charge in [0.1, 0.15) is 5.52 Å². The molecule has 0 radical (unpaired) electrons. The highest BCUT2D eigenvalue weighted by Gasteiger charge is 2.09. The van der Waals surface area contributed by atoms with E-state index in [1.165, 1.54) is 17.3 Å². The summed E-state index contributed by atoms with van der Waals surface area (Å²) >= 11 is 5.12. The average molecular weight is 363 g/mol. The van der Waals surface area contributed by atoms with Gasteiger partial charge in [0, 0.05) is 15.4 Å². The monoisotopic (exact) mass is 362 g/mol. The van der Waals surface area contributed by atoms with Crippen molar-refractivity contribution < 1.29 is 4.42 Å². The molecule has 1 aromatic heterocycles. The van der Waals surface area contributed by atoms with Crippen molar-refractivity contribution in [2.45, 2.75) is 29.5 Å². The van der Waals surface area contributed by atoms with E-state index >= 15 is 0 Å². The molecule has 3 aromatic rings. The Bertz CT molecular complexity index is 737. The van der Waals surface area contributed by atoms with E-state index in [-0.39, 0.29) is 6.04 Å². The van der Waals surface area contributed by atoms with Crippen LogP contribution in [0.2, 0.25) is 0 Å². The third kappa shape index (κ3) is 3.48. The fourth-order valence-corrected chi connectivity index (χ4v) is 3.58. The van der Waals surface area contributed by atoms with Crippen molar-refractivity contribution in [3.05, 3.63) is 52.5 Å². The maximum atomic E-state index is 5.85. The molecule has 3 nitrogen and oxygen atoms in total. The highest BCUT2D eigenvalue weighted by Crippen LogP contribution is 2.32. The van der Waals surface area contributed by atoms with Gasteiger partial charge in [-0.2, -0.15) is 0 Å². The Morgan fingerprint density at radius 2 is 2.10 bits per heavy atom. The Hall–Kier alpha value is -1.30. The molecule has 0 fully saturated rings. The molecule has 1 heterocycles. The van der Waals surface area contributed by atoms with Gasteiger partial charge in [-0.05, 0) is 54.9 Å². The quantitative estimate of drug-likeness (QED) is 0.734. The number of nitrogens with zero attached hydrogens (tertiary/aromatic N) is 1. The van der Waals surface area contributed by atoms with E-state index in [4.69, 9.17) is 10.2 Å². The lowest BCUT2D eigenvalue weighted by molar-refractivity contribution is 0.489. The van der Waals surface area contributed by atoms with Crippen LogP contribution in [0.4, 0.5) is 0 Å². The number of oxazole rings is 1. The second-order valence-electron chi connectivity index (χ2n) is 4.98. The molecule has 21 heavy (non-hydrogen) atoms.